The molecule has 1 N–H and O–H groups in total. The zero-order valence-corrected chi connectivity index (χ0v) is 13.7. The Labute approximate surface area is 139 Å². The third kappa shape index (κ3) is 3.76. The van der Waals surface area contributed by atoms with E-state index in [0.29, 0.717) is 36.9 Å². The SMILES string of the molecule is C[C@@H]1CN(C(=O)NCc2ccc(Cl)cc2F)C[C@@]2(CCOC2)O1. The highest BCUT2D eigenvalue weighted by atomic mass is 35.5. The number of rotatable bonds is 2. The average molecular weight is 343 g/mol. The summed E-state index contributed by atoms with van der Waals surface area (Å²) in [5.41, 5.74) is 0.00328. The van der Waals surface area contributed by atoms with Gasteiger partial charge < -0.3 is 19.7 Å². The lowest BCUT2D eigenvalue weighted by Crippen LogP contribution is -2.58. The Morgan fingerprint density at radius 3 is 3.09 bits per heavy atom. The Bertz CT molecular complexity index is 593. The summed E-state index contributed by atoms with van der Waals surface area (Å²) in [6, 6.07) is 4.20. The molecular formula is C16H20ClFN2O3. The molecule has 2 atom stereocenters. The van der Waals surface area contributed by atoms with Gasteiger partial charge in [0.2, 0.25) is 0 Å². The number of hydrogen-bond acceptors (Lipinski definition) is 3. The van der Waals surface area contributed by atoms with Crippen molar-refractivity contribution in [2.24, 2.45) is 0 Å². The lowest BCUT2D eigenvalue weighted by molar-refractivity contribution is -0.137. The normalized spacial score (nSPS) is 27.4. The first-order chi connectivity index (χ1) is 11.0. The quantitative estimate of drug-likeness (QED) is 0.898. The zero-order chi connectivity index (χ0) is 16.4. The molecule has 2 aliphatic heterocycles. The molecule has 2 heterocycles. The molecule has 2 amide bonds. The Morgan fingerprint density at radius 2 is 2.39 bits per heavy atom. The van der Waals surface area contributed by atoms with Gasteiger partial charge in [-0.1, -0.05) is 17.7 Å². The largest absolute Gasteiger partial charge is 0.378 e. The maximum absolute atomic E-state index is 13.8. The Hall–Kier alpha value is -1.37. The topological polar surface area (TPSA) is 50.8 Å². The van der Waals surface area contributed by atoms with Crippen LogP contribution in [0.1, 0.15) is 18.9 Å². The van der Waals surface area contributed by atoms with Crippen LogP contribution in [0.25, 0.3) is 0 Å². The maximum Gasteiger partial charge on any atom is 0.317 e. The van der Waals surface area contributed by atoms with Crippen molar-refractivity contribution in [3.8, 4) is 0 Å². The van der Waals surface area contributed by atoms with Gasteiger partial charge >= 0.3 is 6.03 Å². The molecule has 2 aliphatic rings. The van der Waals surface area contributed by atoms with E-state index in [-0.39, 0.29) is 18.7 Å². The second-order valence-corrected chi connectivity index (χ2v) is 6.63. The van der Waals surface area contributed by atoms with Crippen LogP contribution in [0.4, 0.5) is 9.18 Å². The minimum atomic E-state index is -0.422. The lowest BCUT2D eigenvalue weighted by atomic mass is 9.99. The predicted octanol–water partition coefficient (Wildman–Crippen LogP) is 2.57. The van der Waals surface area contributed by atoms with Crippen LogP contribution in [0.15, 0.2) is 18.2 Å². The fraction of sp³-hybridized carbons (Fsp3) is 0.562. The van der Waals surface area contributed by atoms with Crippen LogP contribution in [0.3, 0.4) is 0 Å². The van der Waals surface area contributed by atoms with E-state index >= 15 is 0 Å². The van der Waals surface area contributed by atoms with Gasteiger partial charge in [0.15, 0.2) is 0 Å². The van der Waals surface area contributed by atoms with Crippen LogP contribution in [-0.4, -0.2) is 48.9 Å². The van der Waals surface area contributed by atoms with Gasteiger partial charge in [-0.2, -0.15) is 0 Å². The molecule has 0 aromatic heterocycles. The monoisotopic (exact) mass is 342 g/mol. The van der Waals surface area contributed by atoms with Crippen molar-refractivity contribution < 1.29 is 18.7 Å². The molecule has 2 saturated heterocycles. The average Bonchev–Trinajstić information content (AvgIpc) is 2.92. The summed E-state index contributed by atoms with van der Waals surface area (Å²) in [5, 5.41) is 3.10. The van der Waals surface area contributed by atoms with E-state index in [1.807, 2.05) is 6.92 Å². The van der Waals surface area contributed by atoms with Crippen molar-refractivity contribution in [3.05, 3.63) is 34.6 Å². The predicted molar refractivity (Wildman–Crippen MR) is 83.9 cm³/mol. The first-order valence-electron chi connectivity index (χ1n) is 7.70. The molecule has 7 heteroatoms. The number of carbonyl (C=O) groups excluding carboxylic acids is 1. The van der Waals surface area contributed by atoms with Gasteiger partial charge in [-0.3, -0.25) is 0 Å². The fourth-order valence-corrected chi connectivity index (χ4v) is 3.29. The van der Waals surface area contributed by atoms with Gasteiger partial charge in [0.1, 0.15) is 11.4 Å². The Balaban J connectivity index is 1.61. The van der Waals surface area contributed by atoms with Crippen LogP contribution in [0, 0.1) is 5.82 Å². The third-order valence-corrected chi connectivity index (χ3v) is 4.44. The summed E-state index contributed by atoms with van der Waals surface area (Å²) in [7, 11) is 0. The number of amides is 2. The molecule has 3 rings (SSSR count). The van der Waals surface area contributed by atoms with Crippen molar-refractivity contribution in [1.29, 1.82) is 0 Å². The van der Waals surface area contributed by atoms with Crippen LogP contribution in [0.2, 0.25) is 5.02 Å². The Kier molecular flexibility index (Phi) is 4.75. The minimum absolute atomic E-state index is 0.0523. The van der Waals surface area contributed by atoms with Crippen LogP contribution in [0.5, 0.6) is 0 Å². The van der Waals surface area contributed by atoms with Gasteiger partial charge in [-0.25, -0.2) is 9.18 Å². The van der Waals surface area contributed by atoms with Crippen LogP contribution in [-0.2, 0) is 16.0 Å². The molecule has 5 nitrogen and oxygen atoms in total. The third-order valence-electron chi connectivity index (χ3n) is 4.21. The number of nitrogens with one attached hydrogen (secondary N) is 1. The van der Waals surface area contributed by atoms with E-state index < -0.39 is 11.4 Å². The zero-order valence-electron chi connectivity index (χ0n) is 13.0. The summed E-state index contributed by atoms with van der Waals surface area (Å²) in [4.78, 5) is 14.1. The van der Waals surface area contributed by atoms with E-state index in [2.05, 4.69) is 5.32 Å². The highest BCUT2D eigenvalue weighted by Crippen LogP contribution is 2.30. The maximum atomic E-state index is 13.8. The molecule has 0 bridgehead atoms. The van der Waals surface area contributed by atoms with E-state index in [9.17, 15) is 9.18 Å². The number of morpholine rings is 1. The molecular weight excluding hydrogens is 323 g/mol. The van der Waals surface area contributed by atoms with Gasteiger partial charge in [-0.15, -0.1) is 0 Å². The summed E-state index contributed by atoms with van der Waals surface area (Å²) in [6.07, 6.45) is 0.732. The number of carbonyl (C=O) groups is 1. The molecule has 1 spiro atoms. The molecule has 23 heavy (non-hydrogen) atoms. The Morgan fingerprint density at radius 1 is 1.57 bits per heavy atom. The van der Waals surface area contributed by atoms with E-state index in [1.165, 1.54) is 6.07 Å². The van der Waals surface area contributed by atoms with Gasteiger partial charge in [0, 0.05) is 36.7 Å². The molecule has 0 unspecified atom stereocenters. The van der Waals surface area contributed by atoms with Crippen LogP contribution < -0.4 is 5.32 Å². The van der Waals surface area contributed by atoms with Crippen molar-refractivity contribution >= 4 is 17.6 Å². The molecule has 1 aromatic carbocycles. The summed E-state index contributed by atoms with van der Waals surface area (Å²) < 4.78 is 25.2. The number of urea groups is 1. The number of benzene rings is 1. The fourth-order valence-electron chi connectivity index (χ4n) is 3.13. The van der Waals surface area contributed by atoms with Crippen molar-refractivity contribution in [1.82, 2.24) is 10.2 Å². The summed E-state index contributed by atoms with van der Waals surface area (Å²) in [6.45, 7) is 4.23. The smallest absolute Gasteiger partial charge is 0.317 e. The first kappa shape index (κ1) is 16.5. The lowest BCUT2D eigenvalue weighted by Gasteiger charge is -2.42. The highest BCUT2D eigenvalue weighted by molar-refractivity contribution is 6.30. The summed E-state index contributed by atoms with van der Waals surface area (Å²) >= 11 is 5.73. The second-order valence-electron chi connectivity index (χ2n) is 6.19. The van der Waals surface area contributed by atoms with Crippen molar-refractivity contribution in [2.45, 2.75) is 31.6 Å². The second kappa shape index (κ2) is 6.63. The number of ether oxygens (including phenoxy) is 2. The molecule has 0 radical (unpaired) electrons. The molecule has 1 aromatic rings. The van der Waals surface area contributed by atoms with E-state index in [0.717, 1.165) is 6.42 Å². The molecule has 0 aliphatic carbocycles. The minimum Gasteiger partial charge on any atom is -0.378 e. The number of nitrogens with zero attached hydrogens (tertiary/aromatic N) is 1. The van der Waals surface area contributed by atoms with E-state index in [1.54, 1.807) is 17.0 Å². The number of halogens is 2. The molecule has 0 saturated carbocycles. The van der Waals surface area contributed by atoms with Gasteiger partial charge in [-0.05, 0) is 19.1 Å². The van der Waals surface area contributed by atoms with Gasteiger partial charge in [0.25, 0.3) is 0 Å². The van der Waals surface area contributed by atoms with Crippen LogP contribution >= 0.6 is 11.6 Å². The molecule has 126 valence electrons. The first-order valence-corrected chi connectivity index (χ1v) is 8.07. The van der Waals surface area contributed by atoms with Gasteiger partial charge in [0.05, 0.1) is 19.3 Å². The standard InChI is InChI=1S/C16H20ClFN2O3/c1-11-8-20(9-16(23-11)4-5-22-10-16)15(21)19-7-12-2-3-13(17)6-14(12)18/h2-3,6,11H,4-5,7-10H2,1H3,(H,19,21)/t11-,16-/m1/s1. The number of hydrogen-bond donors (Lipinski definition) is 1. The van der Waals surface area contributed by atoms with Crippen molar-refractivity contribution in [3.63, 3.8) is 0 Å². The van der Waals surface area contributed by atoms with E-state index in [4.69, 9.17) is 21.1 Å². The highest BCUT2D eigenvalue weighted by Gasteiger charge is 2.44. The summed E-state index contributed by atoms with van der Waals surface area (Å²) in [5.74, 6) is -0.422. The molecule has 2 fully saturated rings. The van der Waals surface area contributed by atoms with Crippen molar-refractivity contribution in [2.75, 3.05) is 26.3 Å².